The number of anilines is 1. The second kappa shape index (κ2) is 11.4. The van der Waals surface area contributed by atoms with E-state index in [1.165, 1.54) is 0 Å². The standard InChI is InChI=1S/C29H24BrIN4O2/c30-22-9-7-20(8-10-22)27-25(28(36)21-5-2-1-3-6-21)26(33-24-13-11-23(31)12-14-24)29(37)35(27)17-4-16-34-18-15-32-19-34/h1-3,5-15,18-19,27,33H,4,16-17H2. The van der Waals surface area contributed by atoms with Gasteiger partial charge in [-0.2, -0.15) is 0 Å². The van der Waals surface area contributed by atoms with Gasteiger partial charge in [0.05, 0.1) is 17.9 Å². The van der Waals surface area contributed by atoms with E-state index in [4.69, 9.17) is 0 Å². The van der Waals surface area contributed by atoms with Gasteiger partial charge in [0.15, 0.2) is 5.78 Å². The Morgan fingerprint density at radius 2 is 1.70 bits per heavy atom. The summed E-state index contributed by atoms with van der Waals surface area (Å²) in [7, 11) is 0. The average molecular weight is 667 g/mol. The first kappa shape index (κ1) is 25.4. The van der Waals surface area contributed by atoms with Crippen molar-refractivity contribution < 1.29 is 9.59 Å². The number of rotatable bonds is 9. The van der Waals surface area contributed by atoms with Crippen molar-refractivity contribution >= 4 is 55.9 Å². The van der Waals surface area contributed by atoms with E-state index in [-0.39, 0.29) is 11.7 Å². The van der Waals surface area contributed by atoms with Crippen LogP contribution in [0, 0.1) is 3.57 Å². The van der Waals surface area contributed by atoms with Crippen molar-refractivity contribution in [3.05, 3.63) is 128 Å². The Kier molecular flexibility index (Phi) is 7.85. The van der Waals surface area contributed by atoms with Crippen LogP contribution >= 0.6 is 38.5 Å². The first-order chi connectivity index (χ1) is 18.0. The molecule has 1 amide bonds. The molecule has 37 heavy (non-hydrogen) atoms. The number of carbonyl (C=O) groups is 2. The van der Waals surface area contributed by atoms with Crippen LogP contribution < -0.4 is 5.32 Å². The fourth-order valence-corrected chi connectivity index (χ4v) is 5.14. The molecule has 0 aliphatic carbocycles. The summed E-state index contributed by atoms with van der Waals surface area (Å²) in [4.78, 5) is 33.9. The third-order valence-corrected chi connectivity index (χ3v) is 7.53. The maximum atomic E-state index is 14.0. The molecule has 3 aromatic carbocycles. The first-order valence-electron chi connectivity index (χ1n) is 11.9. The number of nitrogens with one attached hydrogen (secondary N) is 1. The van der Waals surface area contributed by atoms with Crippen molar-refractivity contribution in [1.82, 2.24) is 14.5 Å². The topological polar surface area (TPSA) is 67.2 Å². The van der Waals surface area contributed by atoms with E-state index in [2.05, 4.69) is 48.8 Å². The van der Waals surface area contributed by atoms with E-state index in [1.807, 2.05) is 82.4 Å². The van der Waals surface area contributed by atoms with Gasteiger partial charge < -0.3 is 14.8 Å². The zero-order valence-corrected chi connectivity index (χ0v) is 23.6. The fourth-order valence-electron chi connectivity index (χ4n) is 4.51. The molecule has 2 heterocycles. The number of nitrogens with zero attached hydrogens (tertiary/aromatic N) is 3. The molecule has 186 valence electrons. The lowest BCUT2D eigenvalue weighted by molar-refractivity contribution is -0.127. The number of ketones is 1. The molecule has 1 atom stereocenters. The molecule has 1 unspecified atom stereocenters. The number of amides is 1. The van der Waals surface area contributed by atoms with Gasteiger partial charge in [-0.1, -0.05) is 58.4 Å². The lowest BCUT2D eigenvalue weighted by Crippen LogP contribution is -2.33. The summed E-state index contributed by atoms with van der Waals surface area (Å²) in [5, 5.41) is 3.30. The molecule has 0 spiro atoms. The van der Waals surface area contributed by atoms with E-state index < -0.39 is 6.04 Å². The molecule has 6 nitrogen and oxygen atoms in total. The summed E-state index contributed by atoms with van der Waals surface area (Å²) < 4.78 is 4.01. The highest BCUT2D eigenvalue weighted by Crippen LogP contribution is 2.40. The Bertz CT molecular complexity index is 1420. The van der Waals surface area contributed by atoms with Gasteiger partial charge in [-0.25, -0.2) is 4.98 Å². The molecule has 4 aromatic rings. The molecule has 1 aromatic heterocycles. The van der Waals surface area contributed by atoms with Crippen molar-refractivity contribution in [2.24, 2.45) is 0 Å². The lowest BCUT2D eigenvalue weighted by atomic mass is 9.92. The summed E-state index contributed by atoms with van der Waals surface area (Å²) in [6.45, 7) is 1.21. The normalized spacial score (nSPS) is 15.4. The minimum absolute atomic E-state index is 0.160. The van der Waals surface area contributed by atoms with Crippen LogP contribution in [0.15, 0.2) is 113 Å². The number of benzene rings is 3. The summed E-state index contributed by atoms with van der Waals surface area (Å²) >= 11 is 5.75. The minimum atomic E-state index is -0.512. The first-order valence-corrected chi connectivity index (χ1v) is 13.8. The number of aryl methyl sites for hydroxylation is 1. The summed E-state index contributed by atoms with van der Waals surface area (Å²) in [6, 6.07) is 24.2. The van der Waals surface area contributed by atoms with Gasteiger partial charge in [0.1, 0.15) is 5.70 Å². The minimum Gasteiger partial charge on any atom is -0.351 e. The van der Waals surface area contributed by atoms with Gasteiger partial charge in [-0.05, 0) is 71.0 Å². The van der Waals surface area contributed by atoms with E-state index in [9.17, 15) is 9.59 Å². The molecule has 1 aliphatic rings. The highest BCUT2D eigenvalue weighted by Gasteiger charge is 2.43. The van der Waals surface area contributed by atoms with Gasteiger partial charge in [0.25, 0.3) is 5.91 Å². The Labute approximate surface area is 237 Å². The van der Waals surface area contributed by atoms with Crippen LogP contribution in [0.4, 0.5) is 5.69 Å². The molecule has 0 saturated carbocycles. The molecule has 1 aliphatic heterocycles. The van der Waals surface area contributed by atoms with Gasteiger partial charge in [-0.15, -0.1) is 0 Å². The van der Waals surface area contributed by atoms with E-state index in [0.29, 0.717) is 23.4 Å². The Balaban J connectivity index is 1.58. The van der Waals surface area contributed by atoms with Crippen LogP contribution in [0.25, 0.3) is 0 Å². The van der Waals surface area contributed by atoms with E-state index in [0.717, 1.165) is 32.3 Å². The zero-order chi connectivity index (χ0) is 25.8. The Morgan fingerprint density at radius 1 is 0.973 bits per heavy atom. The van der Waals surface area contributed by atoms with Gasteiger partial charge in [-0.3, -0.25) is 9.59 Å². The maximum Gasteiger partial charge on any atom is 0.271 e. The second-order valence-corrected chi connectivity index (χ2v) is 10.9. The average Bonchev–Trinajstić information content (AvgIpc) is 3.53. The summed E-state index contributed by atoms with van der Waals surface area (Å²) in [5.74, 6) is -0.344. The number of aromatic nitrogens is 2. The second-order valence-electron chi connectivity index (χ2n) is 8.72. The fraction of sp³-hybridized carbons (Fsp3) is 0.138. The third kappa shape index (κ3) is 5.70. The molecule has 5 rings (SSSR count). The SMILES string of the molecule is O=C(C1=C(Nc2ccc(I)cc2)C(=O)N(CCCn2ccnc2)C1c1ccc(Br)cc1)c1ccccc1. The molecular formula is C29H24BrIN4O2. The molecular weight excluding hydrogens is 643 g/mol. The maximum absolute atomic E-state index is 14.0. The molecule has 0 radical (unpaired) electrons. The summed E-state index contributed by atoms with van der Waals surface area (Å²) in [5.41, 5.74) is 2.98. The van der Waals surface area contributed by atoms with Crippen molar-refractivity contribution in [2.45, 2.75) is 19.0 Å². The quantitative estimate of drug-likeness (QED) is 0.164. The summed E-state index contributed by atoms with van der Waals surface area (Å²) in [6.07, 6.45) is 6.14. The number of hydrogen-bond acceptors (Lipinski definition) is 4. The van der Waals surface area contributed by atoms with Crippen LogP contribution in [0.2, 0.25) is 0 Å². The Morgan fingerprint density at radius 3 is 2.38 bits per heavy atom. The highest BCUT2D eigenvalue weighted by molar-refractivity contribution is 14.1. The third-order valence-electron chi connectivity index (χ3n) is 6.28. The molecule has 8 heteroatoms. The molecule has 1 N–H and O–H groups in total. The van der Waals surface area contributed by atoms with Crippen molar-refractivity contribution in [1.29, 1.82) is 0 Å². The number of Topliss-reactive ketones (excluding diaryl/α,β-unsaturated/α-hetero) is 1. The number of halogens is 2. The van der Waals surface area contributed by atoms with Crippen LogP contribution in [-0.2, 0) is 11.3 Å². The van der Waals surface area contributed by atoms with E-state index >= 15 is 0 Å². The van der Waals surface area contributed by atoms with Crippen LogP contribution in [-0.4, -0.2) is 32.7 Å². The zero-order valence-electron chi connectivity index (χ0n) is 19.9. The van der Waals surface area contributed by atoms with E-state index in [1.54, 1.807) is 24.7 Å². The lowest BCUT2D eigenvalue weighted by Gasteiger charge is -2.27. The van der Waals surface area contributed by atoms with Gasteiger partial charge in [0.2, 0.25) is 0 Å². The predicted molar refractivity (Wildman–Crippen MR) is 156 cm³/mol. The Hall–Kier alpha value is -3.24. The molecule has 0 bridgehead atoms. The van der Waals surface area contributed by atoms with Crippen LogP contribution in [0.3, 0.4) is 0 Å². The highest BCUT2D eigenvalue weighted by atomic mass is 127. The number of imidazole rings is 1. The smallest absolute Gasteiger partial charge is 0.271 e. The molecule has 0 saturated heterocycles. The molecule has 0 fully saturated rings. The van der Waals surface area contributed by atoms with Crippen molar-refractivity contribution in [3.63, 3.8) is 0 Å². The van der Waals surface area contributed by atoms with Crippen molar-refractivity contribution in [2.75, 3.05) is 11.9 Å². The van der Waals surface area contributed by atoms with Crippen molar-refractivity contribution in [3.8, 4) is 0 Å². The largest absolute Gasteiger partial charge is 0.351 e. The van der Waals surface area contributed by atoms with Gasteiger partial charge >= 0.3 is 0 Å². The van der Waals surface area contributed by atoms with Gasteiger partial charge in [0, 0.05) is 44.8 Å². The van der Waals surface area contributed by atoms with Crippen LogP contribution in [0.1, 0.15) is 28.4 Å². The monoisotopic (exact) mass is 666 g/mol. The predicted octanol–water partition coefficient (Wildman–Crippen LogP) is 6.47. The number of carbonyl (C=O) groups excluding carboxylic acids is 2. The number of hydrogen-bond donors (Lipinski definition) is 1. The van der Waals surface area contributed by atoms with Crippen LogP contribution in [0.5, 0.6) is 0 Å².